The Labute approximate surface area is 123 Å². The van der Waals surface area contributed by atoms with E-state index in [0.29, 0.717) is 12.8 Å². The molecule has 0 bridgehead atoms. The number of pyridine rings is 1. The molecule has 0 saturated carbocycles. The third kappa shape index (κ3) is 3.90. The number of halogens is 2. The molecule has 0 aliphatic heterocycles. The minimum absolute atomic E-state index is 0.419. The van der Waals surface area contributed by atoms with Crippen molar-refractivity contribution in [3.8, 4) is 0 Å². The topological polar surface area (TPSA) is 33.1 Å². The number of aromatic nitrogens is 1. The van der Waals surface area contributed by atoms with Crippen LogP contribution in [-0.4, -0.2) is 16.2 Å². The second-order valence-electron chi connectivity index (χ2n) is 4.12. The Hall–Kier alpha value is -0.710. The zero-order valence-corrected chi connectivity index (χ0v) is 12.9. The molecule has 1 N–H and O–H groups in total. The van der Waals surface area contributed by atoms with Crippen LogP contribution < -0.4 is 0 Å². The fourth-order valence-electron chi connectivity index (χ4n) is 1.76. The predicted octanol–water partition coefficient (Wildman–Crippen LogP) is 3.75. The summed E-state index contributed by atoms with van der Waals surface area (Å²) < 4.78 is 1.99. The Kier molecular flexibility index (Phi) is 4.92. The summed E-state index contributed by atoms with van der Waals surface area (Å²) >= 11 is 6.83. The smallest absolute Gasteiger partial charge is 0.0636 e. The summed E-state index contributed by atoms with van der Waals surface area (Å²) in [6.45, 7) is 0. The lowest BCUT2D eigenvalue weighted by atomic mass is 10.0. The minimum Gasteiger partial charge on any atom is -0.392 e. The maximum atomic E-state index is 10.1. The van der Waals surface area contributed by atoms with Gasteiger partial charge in [0.1, 0.15) is 0 Å². The van der Waals surface area contributed by atoms with Crippen molar-refractivity contribution in [2.75, 3.05) is 0 Å². The van der Waals surface area contributed by atoms with E-state index in [4.69, 9.17) is 0 Å². The monoisotopic (exact) mass is 369 g/mol. The summed E-state index contributed by atoms with van der Waals surface area (Å²) in [7, 11) is 0. The van der Waals surface area contributed by atoms with E-state index < -0.39 is 6.10 Å². The molecule has 18 heavy (non-hydrogen) atoms. The molecule has 2 rings (SSSR count). The van der Waals surface area contributed by atoms with E-state index in [1.165, 1.54) is 0 Å². The maximum absolute atomic E-state index is 10.1. The van der Waals surface area contributed by atoms with Gasteiger partial charge >= 0.3 is 0 Å². The number of rotatable bonds is 4. The molecular weight excluding hydrogens is 358 g/mol. The normalized spacial score (nSPS) is 12.4. The molecule has 1 heterocycles. The molecule has 0 aliphatic rings. The Morgan fingerprint density at radius 3 is 2.50 bits per heavy atom. The van der Waals surface area contributed by atoms with E-state index >= 15 is 0 Å². The van der Waals surface area contributed by atoms with Crippen molar-refractivity contribution in [3.05, 3.63) is 62.8 Å². The van der Waals surface area contributed by atoms with Crippen LogP contribution in [-0.2, 0) is 12.8 Å². The molecule has 2 aromatic rings. The lowest BCUT2D eigenvalue weighted by Gasteiger charge is -2.11. The maximum Gasteiger partial charge on any atom is 0.0636 e. The van der Waals surface area contributed by atoms with Gasteiger partial charge in [-0.25, -0.2) is 0 Å². The van der Waals surface area contributed by atoms with Crippen LogP contribution in [0, 0.1) is 0 Å². The number of benzene rings is 1. The third-order valence-electron chi connectivity index (χ3n) is 2.65. The van der Waals surface area contributed by atoms with Crippen LogP contribution in [0.25, 0.3) is 0 Å². The Balaban J connectivity index is 1.99. The van der Waals surface area contributed by atoms with Crippen molar-refractivity contribution in [1.82, 2.24) is 4.98 Å². The van der Waals surface area contributed by atoms with E-state index in [1.54, 1.807) is 6.20 Å². The Bertz CT molecular complexity index is 513. The summed E-state index contributed by atoms with van der Waals surface area (Å²) in [6, 6.07) is 11.8. The fourth-order valence-corrected chi connectivity index (χ4v) is 2.44. The number of nitrogens with zero attached hydrogens (tertiary/aromatic N) is 1. The molecule has 2 nitrogen and oxygen atoms in total. The van der Waals surface area contributed by atoms with Crippen LogP contribution >= 0.6 is 31.9 Å². The molecule has 1 aromatic heterocycles. The SMILES string of the molecule is OC(Cc1ccc(Br)cn1)Cc1ccccc1Br. The minimum atomic E-state index is -0.419. The van der Waals surface area contributed by atoms with E-state index in [0.717, 1.165) is 20.2 Å². The largest absolute Gasteiger partial charge is 0.392 e. The standard InChI is InChI=1S/C14H13Br2NO/c15-11-5-6-12(17-9-11)8-13(18)7-10-3-1-2-4-14(10)16/h1-6,9,13,18H,7-8H2. The van der Waals surface area contributed by atoms with Gasteiger partial charge in [-0.05, 0) is 46.1 Å². The molecular formula is C14H13Br2NO. The zero-order valence-electron chi connectivity index (χ0n) is 9.68. The van der Waals surface area contributed by atoms with Crippen LogP contribution in [0.5, 0.6) is 0 Å². The third-order valence-corrected chi connectivity index (χ3v) is 3.89. The van der Waals surface area contributed by atoms with Gasteiger partial charge in [-0.1, -0.05) is 34.1 Å². The molecule has 0 aliphatic carbocycles. The second-order valence-corrected chi connectivity index (χ2v) is 5.89. The highest BCUT2D eigenvalue weighted by Gasteiger charge is 2.09. The van der Waals surface area contributed by atoms with Gasteiger partial charge in [0.25, 0.3) is 0 Å². The van der Waals surface area contributed by atoms with Gasteiger partial charge in [0.15, 0.2) is 0 Å². The zero-order chi connectivity index (χ0) is 13.0. The Morgan fingerprint density at radius 1 is 1.06 bits per heavy atom. The van der Waals surface area contributed by atoms with Gasteiger partial charge in [0, 0.05) is 27.3 Å². The van der Waals surface area contributed by atoms with Crippen molar-refractivity contribution in [2.24, 2.45) is 0 Å². The van der Waals surface area contributed by atoms with Gasteiger partial charge in [0.05, 0.1) is 6.10 Å². The first-order chi connectivity index (χ1) is 8.65. The van der Waals surface area contributed by atoms with Gasteiger partial charge in [-0.2, -0.15) is 0 Å². The molecule has 4 heteroatoms. The number of aliphatic hydroxyl groups is 1. The molecule has 1 aromatic carbocycles. The van der Waals surface area contributed by atoms with Crippen molar-refractivity contribution in [3.63, 3.8) is 0 Å². The summed E-state index contributed by atoms with van der Waals surface area (Å²) in [4.78, 5) is 4.26. The molecule has 0 amide bonds. The molecule has 1 unspecified atom stereocenters. The van der Waals surface area contributed by atoms with Gasteiger partial charge in [0.2, 0.25) is 0 Å². The van der Waals surface area contributed by atoms with Crippen molar-refractivity contribution >= 4 is 31.9 Å². The lowest BCUT2D eigenvalue weighted by Crippen LogP contribution is -2.15. The van der Waals surface area contributed by atoms with Crippen molar-refractivity contribution in [2.45, 2.75) is 18.9 Å². The van der Waals surface area contributed by atoms with Crippen molar-refractivity contribution < 1.29 is 5.11 Å². The van der Waals surface area contributed by atoms with Crippen molar-refractivity contribution in [1.29, 1.82) is 0 Å². The second kappa shape index (κ2) is 6.45. The molecule has 1 atom stereocenters. The van der Waals surface area contributed by atoms with E-state index in [2.05, 4.69) is 36.8 Å². The summed E-state index contributed by atoms with van der Waals surface area (Å²) in [5.74, 6) is 0. The quantitative estimate of drug-likeness (QED) is 0.888. The first-order valence-corrected chi connectivity index (χ1v) is 7.25. The van der Waals surface area contributed by atoms with Crippen LogP contribution in [0.2, 0.25) is 0 Å². The van der Waals surface area contributed by atoms with Gasteiger partial charge in [-0.15, -0.1) is 0 Å². The van der Waals surface area contributed by atoms with Crippen LogP contribution in [0.4, 0.5) is 0 Å². The average molecular weight is 371 g/mol. The summed E-state index contributed by atoms with van der Waals surface area (Å²) in [6.07, 6.45) is 2.52. The first-order valence-electron chi connectivity index (χ1n) is 5.67. The Morgan fingerprint density at radius 2 is 1.83 bits per heavy atom. The highest BCUT2D eigenvalue weighted by molar-refractivity contribution is 9.10. The van der Waals surface area contributed by atoms with E-state index in [-0.39, 0.29) is 0 Å². The van der Waals surface area contributed by atoms with Crippen LogP contribution in [0.3, 0.4) is 0 Å². The number of hydrogen-bond donors (Lipinski definition) is 1. The number of hydrogen-bond acceptors (Lipinski definition) is 2. The molecule has 0 spiro atoms. The predicted molar refractivity (Wildman–Crippen MR) is 79.5 cm³/mol. The molecule has 94 valence electrons. The lowest BCUT2D eigenvalue weighted by molar-refractivity contribution is 0.174. The average Bonchev–Trinajstić information content (AvgIpc) is 2.35. The first kappa shape index (κ1) is 13.7. The molecule has 0 radical (unpaired) electrons. The van der Waals surface area contributed by atoms with Gasteiger partial charge < -0.3 is 5.11 Å². The van der Waals surface area contributed by atoms with Crippen LogP contribution in [0.1, 0.15) is 11.3 Å². The highest BCUT2D eigenvalue weighted by atomic mass is 79.9. The van der Waals surface area contributed by atoms with Crippen LogP contribution in [0.15, 0.2) is 51.5 Å². The fraction of sp³-hybridized carbons (Fsp3) is 0.214. The summed E-state index contributed by atoms with van der Waals surface area (Å²) in [5, 5.41) is 10.1. The molecule has 0 fully saturated rings. The van der Waals surface area contributed by atoms with E-state index in [9.17, 15) is 5.11 Å². The highest BCUT2D eigenvalue weighted by Crippen LogP contribution is 2.18. The molecule has 0 saturated heterocycles. The van der Waals surface area contributed by atoms with E-state index in [1.807, 2.05) is 36.4 Å². The number of aliphatic hydroxyl groups excluding tert-OH is 1. The summed E-state index contributed by atoms with van der Waals surface area (Å²) in [5.41, 5.74) is 2.01. The van der Waals surface area contributed by atoms with Gasteiger partial charge in [-0.3, -0.25) is 4.98 Å².